The van der Waals surface area contributed by atoms with Gasteiger partial charge in [0.25, 0.3) is 0 Å². The number of nitrogens with one attached hydrogen (secondary N) is 1. The van der Waals surface area contributed by atoms with Crippen LogP contribution in [0.25, 0.3) is 0 Å². The molecule has 1 N–H and O–H groups in total. The molecule has 0 saturated carbocycles. The van der Waals surface area contributed by atoms with Crippen molar-refractivity contribution in [2.75, 3.05) is 14.2 Å². The predicted molar refractivity (Wildman–Crippen MR) is 83.2 cm³/mol. The largest absolute Gasteiger partial charge is 0.496 e. The topological polar surface area (TPSA) is 26.2 Å². The van der Waals surface area contributed by atoms with Crippen LogP contribution in [0.2, 0.25) is 0 Å². The molecule has 2 rings (SSSR count). The fourth-order valence-corrected chi connectivity index (χ4v) is 2.66. The second-order valence-corrected chi connectivity index (χ2v) is 5.44. The van der Waals surface area contributed by atoms with E-state index in [0.717, 1.165) is 12.3 Å². The van der Waals surface area contributed by atoms with Crippen molar-refractivity contribution in [1.82, 2.24) is 9.88 Å². The summed E-state index contributed by atoms with van der Waals surface area (Å²) in [5.74, 6) is 1.51. The molecule has 108 valence electrons. The second-order valence-electron chi connectivity index (χ2n) is 5.44. The number of benzene rings is 1. The molecule has 0 radical (unpaired) electrons. The quantitative estimate of drug-likeness (QED) is 0.871. The molecule has 0 spiro atoms. The van der Waals surface area contributed by atoms with E-state index >= 15 is 0 Å². The molecule has 2 aromatic rings. The maximum atomic E-state index is 5.41. The van der Waals surface area contributed by atoms with Crippen LogP contribution in [0.4, 0.5) is 0 Å². The van der Waals surface area contributed by atoms with Crippen LogP contribution >= 0.6 is 0 Å². The SMILES string of the molecule is CNC(c1ccn(Cc2ccccc2OC)c1)C(C)C. The molecule has 1 atom stereocenters. The molecule has 3 nitrogen and oxygen atoms in total. The van der Waals surface area contributed by atoms with E-state index in [0.29, 0.717) is 12.0 Å². The van der Waals surface area contributed by atoms with Crippen LogP contribution in [0.1, 0.15) is 31.0 Å². The van der Waals surface area contributed by atoms with E-state index in [2.05, 4.69) is 48.3 Å². The third kappa shape index (κ3) is 3.23. The average molecular weight is 272 g/mol. The summed E-state index contributed by atoms with van der Waals surface area (Å²) in [6.07, 6.45) is 4.35. The van der Waals surface area contributed by atoms with Gasteiger partial charge in [-0.15, -0.1) is 0 Å². The van der Waals surface area contributed by atoms with Crippen molar-refractivity contribution >= 4 is 0 Å². The Hall–Kier alpha value is -1.74. The molecule has 1 heterocycles. The molecule has 3 heteroatoms. The highest BCUT2D eigenvalue weighted by molar-refractivity contribution is 5.33. The molecular formula is C17H24N2O. The third-order valence-electron chi connectivity index (χ3n) is 3.66. The van der Waals surface area contributed by atoms with Gasteiger partial charge in [0.2, 0.25) is 0 Å². The molecule has 0 saturated heterocycles. The highest BCUT2D eigenvalue weighted by Gasteiger charge is 2.14. The first kappa shape index (κ1) is 14.7. The molecule has 0 aliphatic heterocycles. The molecule has 0 aliphatic rings. The summed E-state index contributed by atoms with van der Waals surface area (Å²) in [7, 11) is 3.73. The van der Waals surface area contributed by atoms with Gasteiger partial charge in [-0.2, -0.15) is 0 Å². The summed E-state index contributed by atoms with van der Waals surface area (Å²) in [5.41, 5.74) is 2.53. The lowest BCUT2D eigenvalue weighted by Gasteiger charge is -2.18. The third-order valence-corrected chi connectivity index (χ3v) is 3.66. The summed E-state index contributed by atoms with van der Waals surface area (Å²) >= 11 is 0. The van der Waals surface area contributed by atoms with E-state index in [1.165, 1.54) is 11.1 Å². The van der Waals surface area contributed by atoms with Gasteiger partial charge in [-0.1, -0.05) is 32.0 Å². The number of ether oxygens (including phenoxy) is 1. The van der Waals surface area contributed by atoms with Gasteiger partial charge in [-0.25, -0.2) is 0 Å². The van der Waals surface area contributed by atoms with Crippen LogP contribution in [0.5, 0.6) is 5.75 Å². The van der Waals surface area contributed by atoms with Gasteiger partial charge in [0.1, 0.15) is 5.75 Å². The van der Waals surface area contributed by atoms with E-state index in [9.17, 15) is 0 Å². The van der Waals surface area contributed by atoms with Gasteiger partial charge in [0, 0.05) is 24.0 Å². The summed E-state index contributed by atoms with van der Waals surface area (Å²) in [6, 6.07) is 10.7. The van der Waals surface area contributed by atoms with Crippen LogP contribution < -0.4 is 10.1 Å². The lowest BCUT2D eigenvalue weighted by molar-refractivity contribution is 0.408. The minimum atomic E-state index is 0.397. The second kappa shape index (κ2) is 6.62. The number of hydrogen-bond donors (Lipinski definition) is 1. The Balaban J connectivity index is 2.17. The molecule has 0 aliphatic carbocycles. The van der Waals surface area contributed by atoms with Crippen LogP contribution in [0.3, 0.4) is 0 Å². The Kier molecular flexibility index (Phi) is 4.85. The van der Waals surface area contributed by atoms with Crippen molar-refractivity contribution in [3.63, 3.8) is 0 Å². The highest BCUT2D eigenvalue weighted by Crippen LogP contribution is 2.23. The van der Waals surface area contributed by atoms with E-state index in [4.69, 9.17) is 4.74 Å². The molecular weight excluding hydrogens is 248 g/mol. The number of nitrogens with zero attached hydrogens (tertiary/aromatic N) is 1. The Bertz CT molecular complexity index is 545. The molecule has 1 aromatic heterocycles. The monoisotopic (exact) mass is 272 g/mol. The van der Waals surface area contributed by atoms with Crippen LogP contribution in [0.15, 0.2) is 42.7 Å². The zero-order valence-corrected chi connectivity index (χ0v) is 12.8. The minimum absolute atomic E-state index is 0.397. The van der Waals surface area contributed by atoms with Crippen molar-refractivity contribution in [2.45, 2.75) is 26.4 Å². The van der Waals surface area contributed by atoms with Crippen LogP contribution in [-0.2, 0) is 6.54 Å². The maximum absolute atomic E-state index is 5.41. The molecule has 0 fully saturated rings. The first-order valence-corrected chi connectivity index (χ1v) is 7.10. The number of hydrogen-bond acceptors (Lipinski definition) is 2. The van der Waals surface area contributed by atoms with Crippen molar-refractivity contribution < 1.29 is 4.74 Å². The maximum Gasteiger partial charge on any atom is 0.123 e. The molecule has 0 bridgehead atoms. The summed E-state index contributed by atoms with van der Waals surface area (Å²) in [6.45, 7) is 5.30. The number of methoxy groups -OCH3 is 1. The first-order chi connectivity index (χ1) is 9.65. The lowest BCUT2D eigenvalue weighted by Crippen LogP contribution is -2.21. The Morgan fingerprint density at radius 2 is 1.95 bits per heavy atom. The zero-order valence-electron chi connectivity index (χ0n) is 12.8. The molecule has 0 amide bonds. The summed E-state index contributed by atoms with van der Waals surface area (Å²) in [5, 5.41) is 3.38. The smallest absolute Gasteiger partial charge is 0.123 e. The van der Waals surface area contributed by atoms with Gasteiger partial charge in [-0.3, -0.25) is 0 Å². The van der Waals surface area contributed by atoms with Crippen molar-refractivity contribution in [3.05, 3.63) is 53.9 Å². The number of aromatic nitrogens is 1. The van der Waals surface area contributed by atoms with Gasteiger partial charge < -0.3 is 14.6 Å². The number of rotatable bonds is 6. The van der Waals surface area contributed by atoms with Crippen molar-refractivity contribution in [3.8, 4) is 5.75 Å². The zero-order chi connectivity index (χ0) is 14.5. The van der Waals surface area contributed by atoms with Gasteiger partial charge in [0.05, 0.1) is 13.7 Å². The van der Waals surface area contributed by atoms with Crippen LogP contribution in [-0.4, -0.2) is 18.7 Å². The molecule has 1 unspecified atom stereocenters. The van der Waals surface area contributed by atoms with Crippen LogP contribution in [0, 0.1) is 5.92 Å². The fourth-order valence-electron chi connectivity index (χ4n) is 2.66. The lowest BCUT2D eigenvalue weighted by atomic mass is 9.99. The van der Waals surface area contributed by atoms with E-state index in [1.807, 2.05) is 25.2 Å². The standard InChI is InChI=1S/C17H24N2O/c1-13(2)17(18-3)15-9-10-19(12-15)11-14-7-5-6-8-16(14)20-4/h5-10,12-13,17-18H,11H2,1-4H3. The fraction of sp³-hybridized carbons (Fsp3) is 0.412. The Morgan fingerprint density at radius 3 is 2.60 bits per heavy atom. The van der Waals surface area contributed by atoms with Gasteiger partial charge in [-0.05, 0) is 30.7 Å². The summed E-state index contributed by atoms with van der Waals surface area (Å²) in [4.78, 5) is 0. The van der Waals surface area contributed by atoms with E-state index < -0.39 is 0 Å². The molecule has 20 heavy (non-hydrogen) atoms. The minimum Gasteiger partial charge on any atom is -0.496 e. The Labute approximate surface area is 121 Å². The molecule has 1 aromatic carbocycles. The van der Waals surface area contributed by atoms with E-state index in [1.54, 1.807) is 7.11 Å². The van der Waals surface area contributed by atoms with Crippen molar-refractivity contribution in [2.24, 2.45) is 5.92 Å². The first-order valence-electron chi connectivity index (χ1n) is 7.10. The van der Waals surface area contributed by atoms with Crippen molar-refractivity contribution in [1.29, 1.82) is 0 Å². The summed E-state index contributed by atoms with van der Waals surface area (Å²) < 4.78 is 7.61. The predicted octanol–water partition coefficient (Wildman–Crippen LogP) is 3.46. The number of para-hydroxylation sites is 1. The van der Waals surface area contributed by atoms with Gasteiger partial charge in [0.15, 0.2) is 0 Å². The van der Waals surface area contributed by atoms with Gasteiger partial charge >= 0.3 is 0 Å². The average Bonchev–Trinajstić information content (AvgIpc) is 2.88. The van der Waals surface area contributed by atoms with E-state index in [-0.39, 0.29) is 0 Å². The Morgan fingerprint density at radius 1 is 1.20 bits per heavy atom. The normalized spacial score (nSPS) is 12.7. The highest BCUT2D eigenvalue weighted by atomic mass is 16.5.